The van der Waals surface area contributed by atoms with Crippen LogP contribution in [0.25, 0.3) is 22.9 Å². The molecule has 0 heteroatoms. The lowest BCUT2D eigenvalue weighted by atomic mass is 9.91. The van der Waals surface area contributed by atoms with Crippen molar-refractivity contribution in [3.63, 3.8) is 0 Å². The van der Waals surface area contributed by atoms with Crippen LogP contribution in [-0.4, -0.2) is 0 Å². The van der Waals surface area contributed by atoms with Gasteiger partial charge in [-0.1, -0.05) is 218 Å². The number of rotatable bonds is 7. The van der Waals surface area contributed by atoms with Gasteiger partial charge in [0.15, 0.2) is 0 Å². The summed E-state index contributed by atoms with van der Waals surface area (Å²) in [4.78, 5) is 0. The van der Waals surface area contributed by atoms with E-state index in [2.05, 4.69) is 159 Å². The van der Waals surface area contributed by atoms with E-state index in [1.807, 2.05) is 96.2 Å². The molecule has 0 spiro atoms. The summed E-state index contributed by atoms with van der Waals surface area (Å²) < 4.78 is 0. The second-order valence-corrected chi connectivity index (χ2v) is 11.8. The largest absolute Gasteiger partial charge is 0.0984 e. The van der Waals surface area contributed by atoms with E-state index in [1.165, 1.54) is 49.7 Å². The van der Waals surface area contributed by atoms with Gasteiger partial charge in [0.05, 0.1) is 0 Å². The fourth-order valence-corrected chi connectivity index (χ4v) is 4.80. The number of benzene rings is 5. The van der Waals surface area contributed by atoms with Crippen molar-refractivity contribution in [1.82, 2.24) is 0 Å². The van der Waals surface area contributed by atoms with Crippen LogP contribution in [0.4, 0.5) is 0 Å². The van der Waals surface area contributed by atoms with Crippen molar-refractivity contribution in [2.75, 3.05) is 0 Å². The van der Waals surface area contributed by atoms with Gasteiger partial charge >= 0.3 is 0 Å². The Bertz CT molecular complexity index is 1690. The summed E-state index contributed by atoms with van der Waals surface area (Å²) in [5.74, 6) is 0. The van der Waals surface area contributed by atoms with E-state index < -0.39 is 0 Å². The van der Waals surface area contributed by atoms with Crippen LogP contribution >= 0.6 is 0 Å². The zero-order valence-corrected chi connectivity index (χ0v) is 35.8. The molecule has 0 aliphatic heterocycles. The lowest BCUT2D eigenvalue weighted by Crippen LogP contribution is -1.94. The quantitative estimate of drug-likeness (QED) is 0.148. The second-order valence-electron chi connectivity index (χ2n) is 11.8. The van der Waals surface area contributed by atoms with Crippen molar-refractivity contribution in [2.45, 2.75) is 103 Å². The van der Waals surface area contributed by atoms with E-state index in [4.69, 9.17) is 0 Å². The minimum absolute atomic E-state index is 0.912. The maximum atomic E-state index is 3.96. The van der Waals surface area contributed by atoms with Gasteiger partial charge in [-0.2, -0.15) is 0 Å². The normalized spacial score (nSPS) is 9.57. The molecule has 0 radical (unpaired) electrons. The molecule has 0 heterocycles. The van der Waals surface area contributed by atoms with Gasteiger partial charge < -0.3 is 0 Å². The van der Waals surface area contributed by atoms with Gasteiger partial charge in [0.2, 0.25) is 0 Å². The van der Waals surface area contributed by atoms with Crippen molar-refractivity contribution < 1.29 is 0 Å². The highest BCUT2D eigenvalue weighted by molar-refractivity contribution is 5.93. The molecule has 53 heavy (non-hydrogen) atoms. The molecular weight excluding hydrogens is 637 g/mol. The predicted molar refractivity (Wildman–Crippen MR) is 247 cm³/mol. The lowest BCUT2D eigenvalue weighted by Gasteiger charge is -2.13. The highest BCUT2D eigenvalue weighted by atomic mass is 14.1. The third-order valence-electron chi connectivity index (χ3n) is 7.51. The van der Waals surface area contributed by atoms with Crippen molar-refractivity contribution in [1.29, 1.82) is 0 Å². The average molecular weight is 709 g/mol. The van der Waals surface area contributed by atoms with E-state index >= 15 is 0 Å². The van der Waals surface area contributed by atoms with Crippen molar-refractivity contribution in [2.24, 2.45) is 0 Å². The third kappa shape index (κ3) is 21.9. The molecule has 0 nitrogen and oxygen atoms in total. The summed E-state index contributed by atoms with van der Waals surface area (Å²) in [5.41, 5.74) is 11.6. The molecule has 284 valence electrons. The van der Waals surface area contributed by atoms with Crippen LogP contribution in [0.1, 0.15) is 108 Å². The first kappa shape index (κ1) is 50.2. The minimum Gasteiger partial charge on any atom is -0.0984 e. The summed E-state index contributed by atoms with van der Waals surface area (Å²) in [7, 11) is 0. The molecule has 0 aliphatic rings. The van der Waals surface area contributed by atoms with Gasteiger partial charge in [0.1, 0.15) is 0 Å². The average Bonchev–Trinajstić information content (AvgIpc) is 3.21. The van der Waals surface area contributed by atoms with E-state index in [1.54, 1.807) is 0 Å². The number of hydrogen-bond acceptors (Lipinski definition) is 0. The SMILES string of the molecule is C=Cc1cc2c(C)ccc(CC(/C=C\C)=C/C=C(C)C)c2cc1C=C.CC.CC.CC.CCc1ccccc1.Cc1ccccc1.Cc1ccccc1. The summed E-state index contributed by atoms with van der Waals surface area (Å²) in [6.45, 7) is 34.7. The van der Waals surface area contributed by atoms with Gasteiger partial charge in [0.25, 0.3) is 0 Å². The van der Waals surface area contributed by atoms with E-state index in [-0.39, 0.29) is 0 Å². The highest BCUT2D eigenvalue weighted by Crippen LogP contribution is 2.29. The van der Waals surface area contributed by atoms with Gasteiger partial charge in [-0.3, -0.25) is 0 Å². The fraction of sp³-hybridized carbons (Fsp3) is 0.283. The van der Waals surface area contributed by atoms with Crippen molar-refractivity contribution in [3.8, 4) is 0 Å². The Balaban J connectivity index is 0. The molecular formula is C53H72. The van der Waals surface area contributed by atoms with Gasteiger partial charge in [0, 0.05) is 0 Å². The number of aryl methyl sites for hydroxylation is 4. The Kier molecular flexibility index (Phi) is 31.2. The van der Waals surface area contributed by atoms with Crippen LogP contribution < -0.4 is 0 Å². The molecule has 0 saturated carbocycles. The van der Waals surface area contributed by atoms with Crippen LogP contribution in [0.3, 0.4) is 0 Å². The maximum absolute atomic E-state index is 3.96. The number of hydrogen-bond donors (Lipinski definition) is 0. The molecule has 0 bridgehead atoms. The number of allylic oxidation sites excluding steroid dienone is 6. The van der Waals surface area contributed by atoms with E-state index in [0.717, 1.165) is 24.0 Å². The molecule has 5 rings (SSSR count). The van der Waals surface area contributed by atoms with E-state index in [0.29, 0.717) is 0 Å². The number of fused-ring (bicyclic) bond motifs is 1. The molecule has 0 aliphatic carbocycles. The summed E-state index contributed by atoms with van der Waals surface area (Å²) in [6.07, 6.45) is 14.6. The molecule has 0 N–H and O–H groups in total. The molecule has 0 unspecified atom stereocenters. The molecule has 5 aromatic carbocycles. The summed E-state index contributed by atoms with van der Waals surface area (Å²) in [5, 5.41) is 2.59. The standard InChI is InChI=1S/C25H28.C8H10.2C7H8.3C2H6/c1-7-10-20(13-11-18(4)5)15-23-14-12-19(6)24-16-21(8-2)22(9-3)17-25(23)24;1-2-8-6-4-3-5-7-8;2*1-7-5-3-2-4-6-7;3*1-2/h7-14,16-17H,2-3,15H2,1,4-6H3;3-7H,2H2,1H3;2*2-6H,1H3;3*1-2H3/b10-7-,20-13+;;;;;;. The molecule has 0 fully saturated rings. The molecule has 0 atom stereocenters. The predicted octanol–water partition coefficient (Wildman–Crippen LogP) is 16.8. The molecule has 0 saturated heterocycles. The van der Waals surface area contributed by atoms with E-state index in [9.17, 15) is 0 Å². The van der Waals surface area contributed by atoms with Crippen LogP contribution in [0, 0.1) is 20.8 Å². The molecule has 0 aromatic heterocycles. The monoisotopic (exact) mass is 709 g/mol. The smallest absolute Gasteiger partial charge is 0.00197 e. The van der Waals surface area contributed by atoms with Crippen LogP contribution in [0.2, 0.25) is 0 Å². The molecule has 5 aromatic rings. The fourth-order valence-electron chi connectivity index (χ4n) is 4.80. The first-order chi connectivity index (χ1) is 25.7. The second kappa shape index (κ2) is 32.9. The Morgan fingerprint density at radius 3 is 1.34 bits per heavy atom. The first-order valence-corrected chi connectivity index (χ1v) is 19.6. The minimum atomic E-state index is 0.912. The van der Waals surface area contributed by atoms with Gasteiger partial charge in [-0.15, -0.1) is 0 Å². The first-order valence-electron chi connectivity index (χ1n) is 19.6. The Hall–Kier alpha value is -4.94. The van der Waals surface area contributed by atoms with Crippen LogP contribution in [0.5, 0.6) is 0 Å². The van der Waals surface area contributed by atoms with Crippen molar-refractivity contribution in [3.05, 3.63) is 203 Å². The zero-order chi connectivity index (χ0) is 40.4. The topological polar surface area (TPSA) is 0 Å². The summed E-state index contributed by atoms with van der Waals surface area (Å²) >= 11 is 0. The lowest BCUT2D eigenvalue weighted by molar-refractivity contribution is 1.14. The zero-order valence-electron chi connectivity index (χ0n) is 35.8. The Labute approximate surface area is 327 Å². The van der Waals surface area contributed by atoms with Gasteiger partial charge in [-0.25, -0.2) is 0 Å². The third-order valence-corrected chi connectivity index (χ3v) is 7.51. The van der Waals surface area contributed by atoms with Crippen LogP contribution in [0.15, 0.2) is 164 Å². The maximum Gasteiger partial charge on any atom is -0.00197 e. The molecule has 0 amide bonds. The Morgan fingerprint density at radius 1 is 0.566 bits per heavy atom. The van der Waals surface area contributed by atoms with Gasteiger partial charge in [-0.05, 0) is 111 Å². The highest BCUT2D eigenvalue weighted by Gasteiger charge is 2.08. The Morgan fingerprint density at radius 2 is 1.00 bits per heavy atom. The van der Waals surface area contributed by atoms with Crippen LogP contribution in [-0.2, 0) is 12.8 Å². The van der Waals surface area contributed by atoms with Crippen molar-refractivity contribution >= 4 is 22.9 Å². The summed E-state index contributed by atoms with van der Waals surface area (Å²) in [6, 6.07) is 39.9.